The molecule has 0 aliphatic rings. The largest absolute Gasteiger partial charge is 0.260 e. The molecule has 0 spiro atoms. The predicted molar refractivity (Wildman–Crippen MR) is 36.6 cm³/mol. The average Bonchev–Trinajstić information content (AvgIpc) is 1.68. The summed E-state index contributed by atoms with van der Waals surface area (Å²) in [7, 11) is 0. The SMILES string of the molecule is C/C=C\C(C)=C/C=[NH2+]. The van der Waals surface area contributed by atoms with E-state index in [1.165, 1.54) is 11.8 Å². The Morgan fingerprint density at radius 1 is 1.50 bits per heavy atom. The van der Waals surface area contributed by atoms with Crippen LogP contribution in [0.3, 0.4) is 0 Å². The van der Waals surface area contributed by atoms with Crippen molar-refractivity contribution in [2.24, 2.45) is 0 Å². The van der Waals surface area contributed by atoms with Crippen LogP contribution in [0.5, 0.6) is 0 Å². The molecule has 0 bridgehead atoms. The Morgan fingerprint density at radius 3 is 2.50 bits per heavy atom. The Morgan fingerprint density at radius 2 is 2.12 bits per heavy atom. The van der Waals surface area contributed by atoms with Gasteiger partial charge in [0.05, 0.1) is 0 Å². The van der Waals surface area contributed by atoms with Crippen LogP contribution in [0.2, 0.25) is 0 Å². The summed E-state index contributed by atoms with van der Waals surface area (Å²) >= 11 is 0. The highest BCUT2D eigenvalue weighted by atomic mass is 14.3. The molecule has 0 heterocycles. The summed E-state index contributed by atoms with van der Waals surface area (Å²) in [5.41, 5.74) is 1.18. The van der Waals surface area contributed by atoms with E-state index in [-0.39, 0.29) is 0 Å². The van der Waals surface area contributed by atoms with E-state index in [9.17, 15) is 0 Å². The first-order valence-corrected chi connectivity index (χ1v) is 2.65. The van der Waals surface area contributed by atoms with Gasteiger partial charge < -0.3 is 0 Å². The zero-order valence-electron chi connectivity index (χ0n) is 5.39. The quantitative estimate of drug-likeness (QED) is 0.392. The highest BCUT2D eigenvalue weighted by Crippen LogP contribution is 1.90. The van der Waals surface area contributed by atoms with Gasteiger partial charge in [-0.15, -0.1) is 0 Å². The van der Waals surface area contributed by atoms with Gasteiger partial charge in [0, 0.05) is 6.08 Å². The number of allylic oxidation sites excluding steroid dienone is 4. The molecular weight excluding hydrogens is 98.1 g/mol. The second kappa shape index (κ2) is 4.31. The first-order valence-electron chi connectivity index (χ1n) is 2.65. The van der Waals surface area contributed by atoms with E-state index in [1.807, 2.05) is 32.1 Å². The topological polar surface area (TPSA) is 25.6 Å². The maximum atomic E-state index is 5.12. The third-order valence-corrected chi connectivity index (χ3v) is 0.789. The Bertz CT molecular complexity index is 120. The lowest BCUT2D eigenvalue weighted by molar-refractivity contribution is -0.104. The highest BCUT2D eigenvalue weighted by Gasteiger charge is 1.74. The molecule has 0 aliphatic heterocycles. The summed E-state index contributed by atoms with van der Waals surface area (Å²) in [6.07, 6.45) is 7.38. The monoisotopic (exact) mass is 110 g/mol. The Hall–Kier alpha value is -0.850. The minimum Gasteiger partial charge on any atom is -0.260 e. The number of hydrogen-bond donors (Lipinski definition) is 1. The summed E-state index contributed by atoms with van der Waals surface area (Å²) in [6, 6.07) is 0. The molecule has 0 aromatic rings. The molecule has 0 radical (unpaired) electrons. The van der Waals surface area contributed by atoms with Crippen molar-refractivity contribution < 1.29 is 5.41 Å². The van der Waals surface area contributed by atoms with E-state index in [1.54, 1.807) is 0 Å². The molecule has 2 N–H and O–H groups in total. The number of nitrogens with two attached hydrogens (primary N) is 1. The van der Waals surface area contributed by atoms with Crippen LogP contribution in [-0.4, -0.2) is 6.21 Å². The van der Waals surface area contributed by atoms with Crippen molar-refractivity contribution in [1.82, 2.24) is 0 Å². The predicted octanol–water partition coefficient (Wildman–Crippen LogP) is 0.339. The van der Waals surface area contributed by atoms with Gasteiger partial charge in [0.2, 0.25) is 0 Å². The van der Waals surface area contributed by atoms with Crippen LogP contribution in [0.25, 0.3) is 0 Å². The van der Waals surface area contributed by atoms with E-state index in [4.69, 9.17) is 5.41 Å². The van der Waals surface area contributed by atoms with Gasteiger partial charge in [0.1, 0.15) is 0 Å². The van der Waals surface area contributed by atoms with Crippen LogP contribution in [0, 0.1) is 0 Å². The zero-order chi connectivity index (χ0) is 6.41. The van der Waals surface area contributed by atoms with E-state index in [0.29, 0.717) is 0 Å². The Labute approximate surface area is 50.2 Å². The highest BCUT2D eigenvalue weighted by molar-refractivity contribution is 5.66. The molecule has 0 saturated carbocycles. The fraction of sp³-hybridized carbons (Fsp3) is 0.286. The van der Waals surface area contributed by atoms with Crippen LogP contribution in [0.1, 0.15) is 13.8 Å². The van der Waals surface area contributed by atoms with Crippen molar-refractivity contribution in [2.75, 3.05) is 0 Å². The maximum absolute atomic E-state index is 5.12. The molecule has 0 fully saturated rings. The van der Waals surface area contributed by atoms with E-state index in [0.717, 1.165) is 0 Å². The molecule has 0 atom stereocenters. The molecule has 0 amide bonds. The van der Waals surface area contributed by atoms with Crippen LogP contribution < -0.4 is 5.41 Å². The number of rotatable bonds is 2. The normalized spacial score (nSPS) is 12.5. The van der Waals surface area contributed by atoms with Crippen molar-refractivity contribution in [2.45, 2.75) is 13.8 Å². The van der Waals surface area contributed by atoms with Gasteiger partial charge in [0.25, 0.3) is 0 Å². The molecule has 0 rings (SSSR count). The van der Waals surface area contributed by atoms with Crippen LogP contribution >= 0.6 is 0 Å². The molecule has 0 aromatic carbocycles. The fourth-order valence-corrected chi connectivity index (χ4v) is 0.470. The lowest BCUT2D eigenvalue weighted by Crippen LogP contribution is -2.28. The van der Waals surface area contributed by atoms with Crippen molar-refractivity contribution in [3.8, 4) is 0 Å². The standard InChI is InChI=1S/C7H11N/c1-3-4-7(2)5-6-8/h3-6,8H,1-2H3/p+1/b4-3-,7-5-,8-6?. The zero-order valence-corrected chi connectivity index (χ0v) is 5.39. The lowest BCUT2D eigenvalue weighted by Gasteiger charge is -1.80. The van der Waals surface area contributed by atoms with Crippen molar-refractivity contribution in [3.63, 3.8) is 0 Å². The fourth-order valence-electron chi connectivity index (χ4n) is 0.470. The summed E-state index contributed by atoms with van der Waals surface area (Å²) < 4.78 is 0. The summed E-state index contributed by atoms with van der Waals surface area (Å²) in [6.45, 7) is 3.98. The third-order valence-electron chi connectivity index (χ3n) is 0.789. The van der Waals surface area contributed by atoms with E-state index >= 15 is 0 Å². The van der Waals surface area contributed by atoms with E-state index in [2.05, 4.69) is 0 Å². The van der Waals surface area contributed by atoms with Gasteiger partial charge in [-0.1, -0.05) is 12.2 Å². The molecule has 0 saturated heterocycles. The summed E-state index contributed by atoms with van der Waals surface area (Å²) in [4.78, 5) is 0. The van der Waals surface area contributed by atoms with Gasteiger partial charge in [-0.3, -0.25) is 5.41 Å². The van der Waals surface area contributed by atoms with Crippen LogP contribution in [-0.2, 0) is 0 Å². The smallest absolute Gasteiger partial charge is 0.160 e. The lowest BCUT2D eigenvalue weighted by atomic mass is 10.3. The first-order chi connectivity index (χ1) is 3.81. The third kappa shape index (κ3) is 3.34. The van der Waals surface area contributed by atoms with Gasteiger partial charge in [-0.25, -0.2) is 0 Å². The maximum Gasteiger partial charge on any atom is 0.160 e. The Kier molecular flexibility index (Phi) is 3.85. The number of hydrogen-bond acceptors (Lipinski definition) is 0. The van der Waals surface area contributed by atoms with Gasteiger partial charge in [-0.2, -0.15) is 0 Å². The molecule has 0 unspecified atom stereocenters. The second-order valence-electron chi connectivity index (χ2n) is 1.60. The van der Waals surface area contributed by atoms with Gasteiger partial charge in [-0.05, 0) is 19.4 Å². The van der Waals surface area contributed by atoms with Crippen molar-refractivity contribution in [3.05, 3.63) is 23.8 Å². The van der Waals surface area contributed by atoms with Crippen molar-refractivity contribution in [1.29, 1.82) is 0 Å². The average molecular weight is 110 g/mol. The van der Waals surface area contributed by atoms with Crippen LogP contribution in [0.4, 0.5) is 0 Å². The molecule has 1 heteroatoms. The molecule has 0 aliphatic carbocycles. The van der Waals surface area contributed by atoms with Gasteiger partial charge in [0.15, 0.2) is 6.21 Å². The Balaban J connectivity index is 3.79. The molecule has 8 heavy (non-hydrogen) atoms. The van der Waals surface area contributed by atoms with Crippen molar-refractivity contribution >= 4 is 6.21 Å². The van der Waals surface area contributed by atoms with Crippen LogP contribution in [0.15, 0.2) is 23.8 Å². The molecule has 0 aromatic heterocycles. The van der Waals surface area contributed by atoms with Gasteiger partial charge >= 0.3 is 0 Å². The van der Waals surface area contributed by atoms with E-state index < -0.39 is 0 Å². The summed E-state index contributed by atoms with van der Waals surface area (Å²) in [5.74, 6) is 0. The summed E-state index contributed by atoms with van der Waals surface area (Å²) in [5, 5.41) is 5.12. The molecule has 1 nitrogen and oxygen atoms in total. The second-order valence-corrected chi connectivity index (χ2v) is 1.60. The minimum absolute atomic E-state index is 1.18. The first kappa shape index (κ1) is 7.15. The minimum atomic E-state index is 1.18. The molecular formula is C7H12N+. The molecule has 44 valence electrons.